The summed E-state index contributed by atoms with van der Waals surface area (Å²) in [5, 5.41) is 17.9. The molecule has 2 aliphatic rings. The Balaban J connectivity index is 1.20. The van der Waals surface area contributed by atoms with E-state index in [9.17, 15) is 14.0 Å². The van der Waals surface area contributed by atoms with Gasteiger partial charge in [0.25, 0.3) is 5.91 Å². The lowest BCUT2D eigenvalue weighted by molar-refractivity contribution is -0.142. The smallest absolute Gasteiger partial charge is 0.303 e. The van der Waals surface area contributed by atoms with Crippen molar-refractivity contribution in [3.05, 3.63) is 71.0 Å². The van der Waals surface area contributed by atoms with Crippen molar-refractivity contribution in [2.24, 2.45) is 11.3 Å². The number of benzene rings is 2. The number of hydrogen-bond donors (Lipinski definition) is 2. The van der Waals surface area contributed by atoms with E-state index in [0.29, 0.717) is 38.8 Å². The Hall–Kier alpha value is -4.05. The lowest BCUT2D eigenvalue weighted by Crippen LogP contribution is -2.56. The number of hydrogen-bond acceptors (Lipinski definition) is 6. The van der Waals surface area contributed by atoms with Crippen LogP contribution in [-0.2, 0) is 4.79 Å². The number of carbonyl (C=O) groups is 2. The van der Waals surface area contributed by atoms with Gasteiger partial charge in [0.2, 0.25) is 0 Å². The maximum Gasteiger partial charge on any atom is 0.303 e. The Bertz CT molecular complexity index is 1640. The first-order valence-electron chi connectivity index (χ1n) is 13.5. The second-order valence-electron chi connectivity index (χ2n) is 11.3. The normalized spacial score (nSPS) is 22.1. The van der Waals surface area contributed by atoms with Crippen molar-refractivity contribution >= 4 is 34.4 Å². The summed E-state index contributed by atoms with van der Waals surface area (Å²) in [6.07, 6.45) is 8.60. The molecule has 4 aromatic rings. The highest BCUT2D eigenvalue weighted by Gasteiger charge is 2.53. The number of carboxylic acids is 1. The minimum absolute atomic E-state index is 0.0379. The van der Waals surface area contributed by atoms with E-state index in [1.165, 1.54) is 19.2 Å². The maximum atomic E-state index is 14.0. The molecule has 0 bridgehead atoms. The monoisotopic (exact) mass is 577 g/mol. The molecule has 2 fully saturated rings. The van der Waals surface area contributed by atoms with Crippen LogP contribution in [0, 0.1) is 17.2 Å². The van der Waals surface area contributed by atoms with Crippen LogP contribution in [0.1, 0.15) is 61.1 Å². The van der Waals surface area contributed by atoms with Gasteiger partial charge < -0.3 is 15.2 Å². The molecule has 212 valence electrons. The van der Waals surface area contributed by atoms with E-state index in [-0.39, 0.29) is 35.7 Å². The Morgan fingerprint density at radius 1 is 1.15 bits per heavy atom. The zero-order valence-corrected chi connectivity index (χ0v) is 23.4. The number of methoxy groups -OCH3 is 1. The molecule has 41 heavy (non-hydrogen) atoms. The van der Waals surface area contributed by atoms with Gasteiger partial charge in [-0.05, 0) is 68.2 Å². The number of carbonyl (C=O) groups excluding carboxylic acids is 1. The minimum atomic E-state index is -0.751. The third-order valence-electron chi connectivity index (χ3n) is 8.37. The Morgan fingerprint density at radius 3 is 2.61 bits per heavy atom. The summed E-state index contributed by atoms with van der Waals surface area (Å²) in [5.74, 6) is -0.785. The molecule has 2 heterocycles. The first-order valence-corrected chi connectivity index (χ1v) is 13.9. The quantitative estimate of drug-likeness (QED) is 0.277. The molecule has 2 saturated carbocycles. The van der Waals surface area contributed by atoms with Crippen LogP contribution < -0.4 is 10.1 Å². The summed E-state index contributed by atoms with van der Waals surface area (Å²) < 4.78 is 20.9. The number of amides is 1. The summed E-state index contributed by atoms with van der Waals surface area (Å²) in [6, 6.07) is 7.45. The predicted molar refractivity (Wildman–Crippen MR) is 150 cm³/mol. The standard InChI is InChI=1S/C30H29ClFN5O4/c1-16(25-14-34-26(15-33-25)18-5-21(32)8-23(6-18)41-2)37-28-19(13-35-37)4-20(31)7-24(28)29(40)36-22-11-30(12-22)9-17(10-30)3-27(38)39/h4-8,13-17,22H,3,9-12H2,1-2H3,(H,36,40)(H,38,39). The summed E-state index contributed by atoms with van der Waals surface area (Å²) in [5.41, 5.74) is 2.88. The number of nitrogens with one attached hydrogen (secondary N) is 1. The average Bonchev–Trinajstić information content (AvgIpc) is 3.32. The van der Waals surface area contributed by atoms with Gasteiger partial charge in [-0.15, -0.1) is 0 Å². The molecule has 2 aliphatic carbocycles. The van der Waals surface area contributed by atoms with Gasteiger partial charge in [-0.25, -0.2) is 4.39 Å². The van der Waals surface area contributed by atoms with Crippen LogP contribution in [0.25, 0.3) is 22.2 Å². The molecule has 11 heteroatoms. The molecule has 0 aliphatic heterocycles. The number of nitrogens with zero attached hydrogens (tertiary/aromatic N) is 4. The Kier molecular flexibility index (Phi) is 6.89. The van der Waals surface area contributed by atoms with E-state index in [4.69, 9.17) is 21.4 Å². The summed E-state index contributed by atoms with van der Waals surface area (Å²) in [7, 11) is 1.47. The summed E-state index contributed by atoms with van der Waals surface area (Å²) >= 11 is 6.38. The fourth-order valence-electron chi connectivity index (χ4n) is 6.52. The molecular formula is C30H29ClFN5O4. The Labute approximate surface area is 240 Å². The molecule has 6 rings (SSSR count). The van der Waals surface area contributed by atoms with Crippen molar-refractivity contribution in [2.45, 2.75) is 51.1 Å². The number of fused-ring (bicyclic) bond motifs is 1. The number of aliphatic carboxylic acids is 1. The van der Waals surface area contributed by atoms with Crippen molar-refractivity contribution in [1.82, 2.24) is 25.1 Å². The maximum absolute atomic E-state index is 14.0. The molecule has 9 nitrogen and oxygen atoms in total. The van der Waals surface area contributed by atoms with E-state index >= 15 is 0 Å². The van der Waals surface area contributed by atoms with Gasteiger partial charge in [0, 0.05) is 34.5 Å². The molecule has 1 atom stereocenters. The second kappa shape index (κ2) is 10.4. The van der Waals surface area contributed by atoms with Crippen molar-refractivity contribution in [1.29, 1.82) is 0 Å². The molecule has 1 spiro atoms. The Morgan fingerprint density at radius 2 is 1.93 bits per heavy atom. The molecule has 0 saturated heterocycles. The SMILES string of the molecule is COc1cc(F)cc(-c2cnc(C(C)n3ncc4cc(Cl)cc(C(=O)NC5CC6(CC(CC(=O)O)C6)C5)c43)cn2)c1. The largest absolute Gasteiger partial charge is 0.497 e. The molecule has 0 radical (unpaired) electrons. The first kappa shape index (κ1) is 27.1. The zero-order chi connectivity index (χ0) is 28.9. The van der Waals surface area contributed by atoms with Crippen LogP contribution in [-0.4, -0.2) is 49.9 Å². The lowest BCUT2D eigenvalue weighted by atomic mass is 9.49. The minimum Gasteiger partial charge on any atom is -0.497 e. The number of carboxylic acid groups (broad SMARTS) is 1. The molecular weight excluding hydrogens is 549 g/mol. The predicted octanol–water partition coefficient (Wildman–Crippen LogP) is 5.67. The number of rotatable bonds is 8. The van der Waals surface area contributed by atoms with E-state index in [2.05, 4.69) is 20.4 Å². The summed E-state index contributed by atoms with van der Waals surface area (Å²) in [4.78, 5) is 33.5. The van der Waals surface area contributed by atoms with Gasteiger partial charge >= 0.3 is 5.97 Å². The number of halogens is 2. The molecule has 1 amide bonds. The third kappa shape index (κ3) is 5.24. The van der Waals surface area contributed by atoms with Gasteiger partial charge in [0.1, 0.15) is 11.6 Å². The topological polar surface area (TPSA) is 119 Å². The highest BCUT2D eigenvalue weighted by atomic mass is 35.5. The van der Waals surface area contributed by atoms with Crippen LogP contribution in [0.2, 0.25) is 5.02 Å². The van der Waals surface area contributed by atoms with Crippen molar-refractivity contribution < 1.29 is 23.8 Å². The molecule has 2 aromatic carbocycles. The molecule has 2 aromatic heterocycles. The van der Waals surface area contributed by atoms with Gasteiger partial charge in [0.15, 0.2) is 0 Å². The molecule has 1 unspecified atom stereocenters. The highest BCUT2D eigenvalue weighted by Crippen LogP contribution is 2.59. The first-order chi connectivity index (χ1) is 19.6. The highest BCUT2D eigenvalue weighted by molar-refractivity contribution is 6.32. The zero-order valence-electron chi connectivity index (χ0n) is 22.6. The van der Waals surface area contributed by atoms with E-state index in [1.807, 2.05) is 6.92 Å². The summed E-state index contributed by atoms with van der Waals surface area (Å²) in [6.45, 7) is 1.91. The van der Waals surface area contributed by atoms with Crippen molar-refractivity contribution in [2.75, 3.05) is 7.11 Å². The average molecular weight is 578 g/mol. The van der Waals surface area contributed by atoms with Gasteiger partial charge in [0.05, 0.1) is 54.2 Å². The van der Waals surface area contributed by atoms with Crippen molar-refractivity contribution in [3.8, 4) is 17.0 Å². The van der Waals surface area contributed by atoms with Crippen LogP contribution >= 0.6 is 11.6 Å². The second-order valence-corrected chi connectivity index (χ2v) is 11.7. The number of aromatic nitrogens is 4. The fraction of sp³-hybridized carbons (Fsp3) is 0.367. The lowest BCUT2D eigenvalue weighted by Gasteiger charge is -2.57. The van der Waals surface area contributed by atoms with Crippen LogP contribution in [0.5, 0.6) is 5.75 Å². The number of ether oxygens (including phenoxy) is 1. The van der Waals surface area contributed by atoms with Gasteiger partial charge in [-0.1, -0.05) is 11.6 Å². The van der Waals surface area contributed by atoms with Crippen LogP contribution in [0.15, 0.2) is 48.9 Å². The molecule has 2 N–H and O–H groups in total. The fourth-order valence-corrected chi connectivity index (χ4v) is 6.75. The third-order valence-corrected chi connectivity index (χ3v) is 8.59. The van der Waals surface area contributed by atoms with E-state index in [0.717, 1.165) is 31.1 Å². The van der Waals surface area contributed by atoms with Gasteiger partial charge in [-0.3, -0.25) is 24.2 Å². The van der Waals surface area contributed by atoms with E-state index in [1.54, 1.807) is 41.5 Å². The van der Waals surface area contributed by atoms with Gasteiger partial charge in [-0.2, -0.15) is 5.10 Å². The van der Waals surface area contributed by atoms with Crippen LogP contribution in [0.4, 0.5) is 4.39 Å². The van der Waals surface area contributed by atoms with Crippen molar-refractivity contribution in [3.63, 3.8) is 0 Å². The van der Waals surface area contributed by atoms with E-state index < -0.39 is 11.8 Å². The van der Waals surface area contributed by atoms with Crippen LogP contribution in [0.3, 0.4) is 0 Å².